The van der Waals surface area contributed by atoms with Crippen molar-refractivity contribution in [3.63, 3.8) is 0 Å². The highest BCUT2D eigenvalue weighted by atomic mass is 16.1. The third-order valence-corrected chi connectivity index (χ3v) is 5.49. The zero-order valence-corrected chi connectivity index (χ0v) is 18.1. The van der Waals surface area contributed by atoms with E-state index in [1.54, 1.807) is 21.8 Å². The Hall–Kier alpha value is -4.07. The quantitative estimate of drug-likeness (QED) is 0.463. The lowest BCUT2D eigenvalue weighted by Crippen LogP contribution is -2.17. The Balaban J connectivity index is 1.51. The summed E-state index contributed by atoms with van der Waals surface area (Å²) in [6.45, 7) is 4.69. The number of nitrogens with zero attached hydrogens (tertiary/aromatic N) is 6. The molecular formula is C24H23N7O. The molecule has 5 aromatic rings. The highest BCUT2D eigenvalue weighted by Gasteiger charge is 2.15. The molecule has 8 nitrogen and oxygen atoms in total. The van der Waals surface area contributed by atoms with Crippen LogP contribution in [0.3, 0.4) is 0 Å². The van der Waals surface area contributed by atoms with E-state index in [4.69, 9.17) is 4.98 Å². The van der Waals surface area contributed by atoms with Crippen LogP contribution in [0.2, 0.25) is 0 Å². The summed E-state index contributed by atoms with van der Waals surface area (Å²) in [5.74, 6) is 1.63. The molecule has 0 aliphatic heterocycles. The lowest BCUT2D eigenvalue weighted by molar-refractivity contribution is 0.768. The van der Waals surface area contributed by atoms with Gasteiger partial charge in [-0.1, -0.05) is 62.4 Å². The van der Waals surface area contributed by atoms with Crippen LogP contribution in [-0.4, -0.2) is 34.3 Å². The molecule has 0 saturated carbocycles. The van der Waals surface area contributed by atoms with Gasteiger partial charge in [-0.05, 0) is 17.0 Å². The van der Waals surface area contributed by atoms with E-state index >= 15 is 0 Å². The van der Waals surface area contributed by atoms with Crippen molar-refractivity contribution in [2.24, 2.45) is 7.05 Å². The zero-order chi connectivity index (χ0) is 22.2. The van der Waals surface area contributed by atoms with Crippen LogP contribution in [0.15, 0.2) is 65.8 Å². The second kappa shape index (κ2) is 7.88. The average Bonchev–Trinajstić information content (AvgIpc) is 3.37. The van der Waals surface area contributed by atoms with Crippen LogP contribution in [0.25, 0.3) is 33.9 Å². The minimum absolute atomic E-state index is 0.209. The summed E-state index contributed by atoms with van der Waals surface area (Å²) in [5.41, 5.74) is 5.07. The molecule has 0 saturated heterocycles. The van der Waals surface area contributed by atoms with Gasteiger partial charge < -0.3 is 4.98 Å². The van der Waals surface area contributed by atoms with E-state index in [0.717, 1.165) is 16.7 Å². The predicted molar refractivity (Wildman–Crippen MR) is 123 cm³/mol. The molecular weight excluding hydrogens is 402 g/mol. The number of hydrogen-bond acceptors (Lipinski definition) is 5. The van der Waals surface area contributed by atoms with E-state index < -0.39 is 0 Å². The molecule has 2 aromatic carbocycles. The molecule has 3 aromatic heterocycles. The van der Waals surface area contributed by atoms with Gasteiger partial charge in [-0.15, -0.1) is 0 Å². The number of aromatic amines is 1. The summed E-state index contributed by atoms with van der Waals surface area (Å²) >= 11 is 0. The molecule has 0 atom stereocenters. The molecule has 0 unspecified atom stereocenters. The van der Waals surface area contributed by atoms with Crippen LogP contribution in [0.4, 0.5) is 0 Å². The van der Waals surface area contributed by atoms with Crippen molar-refractivity contribution in [1.29, 1.82) is 0 Å². The Morgan fingerprint density at radius 2 is 1.78 bits per heavy atom. The standard InChI is InChI=1S/C24H23N7O/c1-15(2)18-6-4-5-7-19(18)22-25-12-20-23(28-22)31(24(32)27-20)13-16-8-10-17(11-9-16)21-26-14-30(3)29-21/h4-12,14-15H,13H2,1-3H3,(H,27,32). The van der Waals surface area contributed by atoms with E-state index in [2.05, 4.69) is 40.0 Å². The number of imidazole rings is 1. The molecule has 5 rings (SSSR count). The smallest absolute Gasteiger partial charge is 0.303 e. The topological polar surface area (TPSA) is 94.3 Å². The van der Waals surface area contributed by atoms with Gasteiger partial charge in [0.1, 0.15) is 11.8 Å². The van der Waals surface area contributed by atoms with E-state index in [9.17, 15) is 4.79 Å². The number of rotatable bonds is 5. The minimum Gasteiger partial charge on any atom is -0.303 e. The van der Waals surface area contributed by atoms with Crippen LogP contribution < -0.4 is 5.69 Å². The van der Waals surface area contributed by atoms with E-state index in [1.807, 2.05) is 49.5 Å². The largest absolute Gasteiger partial charge is 0.328 e. The number of fused-ring (bicyclic) bond motifs is 1. The fourth-order valence-corrected chi connectivity index (χ4v) is 3.84. The molecule has 0 radical (unpaired) electrons. The monoisotopic (exact) mass is 425 g/mol. The van der Waals surface area contributed by atoms with Crippen LogP contribution in [0.1, 0.15) is 30.9 Å². The normalized spacial score (nSPS) is 11.5. The van der Waals surface area contributed by atoms with E-state index in [-0.39, 0.29) is 5.69 Å². The maximum absolute atomic E-state index is 12.7. The molecule has 32 heavy (non-hydrogen) atoms. The average molecular weight is 425 g/mol. The zero-order valence-electron chi connectivity index (χ0n) is 18.1. The highest BCUT2D eigenvalue weighted by molar-refractivity contribution is 5.73. The number of benzene rings is 2. The van der Waals surface area contributed by atoms with E-state index in [0.29, 0.717) is 35.3 Å². The van der Waals surface area contributed by atoms with Crippen molar-refractivity contribution >= 4 is 11.2 Å². The minimum atomic E-state index is -0.209. The van der Waals surface area contributed by atoms with Gasteiger partial charge in [0.2, 0.25) is 0 Å². The Morgan fingerprint density at radius 3 is 2.50 bits per heavy atom. The van der Waals surface area contributed by atoms with Gasteiger partial charge in [-0.25, -0.2) is 19.7 Å². The number of aromatic nitrogens is 7. The van der Waals surface area contributed by atoms with Gasteiger partial charge in [0, 0.05) is 18.2 Å². The molecule has 8 heteroatoms. The molecule has 0 spiro atoms. The third kappa shape index (κ3) is 3.60. The lowest BCUT2D eigenvalue weighted by atomic mass is 9.97. The summed E-state index contributed by atoms with van der Waals surface area (Å²) in [5, 5.41) is 4.33. The summed E-state index contributed by atoms with van der Waals surface area (Å²) in [6.07, 6.45) is 3.35. The molecule has 0 aliphatic rings. The SMILES string of the molecule is CC(C)c1ccccc1-c1ncc2[nH]c(=O)n(Cc3ccc(-c4ncn(C)n4)cc3)c2n1. The highest BCUT2D eigenvalue weighted by Crippen LogP contribution is 2.27. The van der Waals surface area contributed by atoms with Crippen LogP contribution >= 0.6 is 0 Å². The van der Waals surface area contributed by atoms with Crippen molar-refractivity contribution in [3.05, 3.63) is 82.7 Å². The maximum Gasteiger partial charge on any atom is 0.328 e. The second-order valence-corrected chi connectivity index (χ2v) is 8.13. The first-order valence-electron chi connectivity index (χ1n) is 10.5. The Labute approximate surface area is 184 Å². The molecule has 0 bridgehead atoms. The van der Waals surface area contributed by atoms with Crippen molar-refractivity contribution in [3.8, 4) is 22.8 Å². The van der Waals surface area contributed by atoms with Gasteiger partial charge in [0.15, 0.2) is 17.3 Å². The van der Waals surface area contributed by atoms with Gasteiger partial charge in [0.05, 0.1) is 12.7 Å². The number of nitrogens with one attached hydrogen (secondary N) is 1. The maximum atomic E-state index is 12.7. The van der Waals surface area contributed by atoms with Crippen molar-refractivity contribution in [1.82, 2.24) is 34.3 Å². The summed E-state index contributed by atoms with van der Waals surface area (Å²) in [6, 6.07) is 16.0. The Bertz CT molecular complexity index is 1460. The molecule has 0 aliphatic carbocycles. The fraction of sp³-hybridized carbons (Fsp3) is 0.208. The number of hydrogen-bond donors (Lipinski definition) is 1. The lowest BCUT2D eigenvalue weighted by Gasteiger charge is -2.11. The van der Waals surface area contributed by atoms with Crippen molar-refractivity contribution in [2.45, 2.75) is 26.3 Å². The van der Waals surface area contributed by atoms with Gasteiger partial charge in [0.25, 0.3) is 0 Å². The number of aryl methyl sites for hydroxylation is 1. The molecule has 160 valence electrons. The fourth-order valence-electron chi connectivity index (χ4n) is 3.84. The third-order valence-electron chi connectivity index (χ3n) is 5.49. The molecule has 0 fully saturated rings. The van der Waals surface area contributed by atoms with Gasteiger partial charge in [-0.3, -0.25) is 9.25 Å². The van der Waals surface area contributed by atoms with Crippen LogP contribution in [0, 0.1) is 0 Å². The Morgan fingerprint density at radius 1 is 1.00 bits per heavy atom. The van der Waals surface area contributed by atoms with Gasteiger partial charge in [-0.2, -0.15) is 5.10 Å². The predicted octanol–water partition coefficient (Wildman–Crippen LogP) is 3.75. The molecule has 1 N–H and O–H groups in total. The van der Waals surface area contributed by atoms with Crippen LogP contribution in [0.5, 0.6) is 0 Å². The van der Waals surface area contributed by atoms with Crippen LogP contribution in [-0.2, 0) is 13.6 Å². The first-order valence-corrected chi connectivity index (χ1v) is 10.5. The first kappa shape index (κ1) is 19.9. The van der Waals surface area contributed by atoms with E-state index in [1.165, 1.54) is 5.56 Å². The molecule has 0 amide bonds. The summed E-state index contributed by atoms with van der Waals surface area (Å²) in [7, 11) is 1.84. The van der Waals surface area contributed by atoms with Crippen molar-refractivity contribution < 1.29 is 0 Å². The second-order valence-electron chi connectivity index (χ2n) is 8.13. The first-order chi connectivity index (χ1) is 15.5. The van der Waals surface area contributed by atoms with Gasteiger partial charge >= 0.3 is 5.69 Å². The molecule has 3 heterocycles. The van der Waals surface area contributed by atoms with Crippen molar-refractivity contribution in [2.75, 3.05) is 0 Å². The Kier molecular flexibility index (Phi) is 4.89. The number of H-pyrrole nitrogens is 1. The summed E-state index contributed by atoms with van der Waals surface area (Å²) in [4.78, 5) is 29.1. The summed E-state index contributed by atoms with van der Waals surface area (Å²) < 4.78 is 3.32.